The molecule has 6 heteroatoms. The van der Waals surface area contributed by atoms with Crippen LogP contribution in [0.25, 0.3) is 0 Å². The number of amides is 1. The lowest BCUT2D eigenvalue weighted by Gasteiger charge is -2.40. The van der Waals surface area contributed by atoms with Crippen LogP contribution in [-0.2, 0) is 11.3 Å². The van der Waals surface area contributed by atoms with E-state index in [2.05, 4.69) is 9.88 Å². The standard InChI is InChI=1S/C16H24FN3O2/c1-12-10-20(15(21)22-16(2,3)4)8-7-19(12)11-13-5-6-18-9-14(13)17/h5-6,9,12H,7-8,10-11H2,1-4H3. The minimum atomic E-state index is -0.488. The fourth-order valence-electron chi connectivity index (χ4n) is 2.47. The smallest absolute Gasteiger partial charge is 0.410 e. The number of nitrogens with zero attached hydrogens (tertiary/aromatic N) is 3. The second-order valence-corrected chi connectivity index (χ2v) is 6.71. The Morgan fingerprint density at radius 1 is 1.45 bits per heavy atom. The van der Waals surface area contributed by atoms with Crippen molar-refractivity contribution in [1.82, 2.24) is 14.8 Å². The van der Waals surface area contributed by atoms with Crippen molar-refractivity contribution in [2.24, 2.45) is 0 Å². The van der Waals surface area contributed by atoms with Crippen LogP contribution in [0.3, 0.4) is 0 Å². The molecule has 1 fully saturated rings. The number of pyridine rings is 1. The molecule has 0 aliphatic carbocycles. The molecule has 122 valence electrons. The fraction of sp³-hybridized carbons (Fsp3) is 0.625. The molecule has 1 aliphatic rings. The first-order chi connectivity index (χ1) is 10.3. The van der Waals surface area contributed by atoms with E-state index < -0.39 is 5.60 Å². The van der Waals surface area contributed by atoms with Crippen molar-refractivity contribution in [3.63, 3.8) is 0 Å². The molecule has 1 aromatic heterocycles. The molecule has 1 saturated heterocycles. The summed E-state index contributed by atoms with van der Waals surface area (Å²) in [4.78, 5) is 19.7. The molecule has 0 radical (unpaired) electrons. The summed E-state index contributed by atoms with van der Waals surface area (Å²) < 4.78 is 19.1. The maximum atomic E-state index is 13.7. The summed E-state index contributed by atoms with van der Waals surface area (Å²) in [6.45, 7) is 10.0. The van der Waals surface area contributed by atoms with Crippen LogP contribution in [-0.4, -0.2) is 52.2 Å². The van der Waals surface area contributed by atoms with Gasteiger partial charge in [0, 0.05) is 44.0 Å². The van der Waals surface area contributed by atoms with Gasteiger partial charge in [-0.05, 0) is 33.8 Å². The highest BCUT2D eigenvalue weighted by Crippen LogP contribution is 2.17. The monoisotopic (exact) mass is 309 g/mol. The molecule has 0 N–H and O–H groups in total. The van der Waals surface area contributed by atoms with Crippen LogP contribution < -0.4 is 0 Å². The van der Waals surface area contributed by atoms with Gasteiger partial charge in [-0.1, -0.05) is 0 Å². The van der Waals surface area contributed by atoms with Crippen molar-refractivity contribution in [1.29, 1.82) is 0 Å². The lowest BCUT2D eigenvalue weighted by atomic mass is 10.1. The highest BCUT2D eigenvalue weighted by molar-refractivity contribution is 5.68. The lowest BCUT2D eigenvalue weighted by molar-refractivity contribution is 0.00445. The summed E-state index contributed by atoms with van der Waals surface area (Å²) in [7, 11) is 0. The molecule has 22 heavy (non-hydrogen) atoms. The Morgan fingerprint density at radius 3 is 2.77 bits per heavy atom. The van der Waals surface area contributed by atoms with Crippen LogP contribution in [0, 0.1) is 5.82 Å². The van der Waals surface area contributed by atoms with Crippen molar-refractivity contribution in [2.75, 3.05) is 19.6 Å². The molecule has 1 unspecified atom stereocenters. The lowest BCUT2D eigenvalue weighted by Crippen LogP contribution is -2.54. The van der Waals surface area contributed by atoms with Crippen molar-refractivity contribution in [3.8, 4) is 0 Å². The minimum absolute atomic E-state index is 0.147. The van der Waals surface area contributed by atoms with E-state index in [1.165, 1.54) is 6.20 Å². The first kappa shape index (κ1) is 16.7. The van der Waals surface area contributed by atoms with Gasteiger partial charge in [0.25, 0.3) is 0 Å². The van der Waals surface area contributed by atoms with Gasteiger partial charge in [-0.15, -0.1) is 0 Å². The topological polar surface area (TPSA) is 45.7 Å². The maximum Gasteiger partial charge on any atom is 0.410 e. The third kappa shape index (κ3) is 4.40. The van der Waals surface area contributed by atoms with Crippen LogP contribution in [0.1, 0.15) is 33.3 Å². The summed E-state index contributed by atoms with van der Waals surface area (Å²) in [5.74, 6) is -0.288. The molecule has 1 aromatic rings. The van der Waals surface area contributed by atoms with Gasteiger partial charge in [-0.25, -0.2) is 9.18 Å². The maximum absolute atomic E-state index is 13.7. The average Bonchev–Trinajstić information content (AvgIpc) is 2.41. The Kier molecular flexibility index (Phi) is 5.01. The van der Waals surface area contributed by atoms with Gasteiger partial charge in [0.1, 0.15) is 11.4 Å². The van der Waals surface area contributed by atoms with Gasteiger partial charge >= 0.3 is 6.09 Å². The van der Waals surface area contributed by atoms with Crippen LogP contribution in [0.4, 0.5) is 9.18 Å². The fourth-order valence-corrected chi connectivity index (χ4v) is 2.47. The first-order valence-electron chi connectivity index (χ1n) is 7.56. The number of rotatable bonds is 2. The average molecular weight is 309 g/mol. The van der Waals surface area contributed by atoms with Crippen LogP contribution in [0.5, 0.6) is 0 Å². The highest BCUT2D eigenvalue weighted by Gasteiger charge is 2.29. The molecule has 2 heterocycles. The van der Waals surface area contributed by atoms with E-state index in [9.17, 15) is 9.18 Å². The number of ether oxygens (including phenoxy) is 1. The second kappa shape index (κ2) is 6.60. The van der Waals surface area contributed by atoms with Gasteiger partial charge in [0.05, 0.1) is 6.20 Å². The van der Waals surface area contributed by atoms with Crippen LogP contribution in [0.2, 0.25) is 0 Å². The molecule has 0 aromatic carbocycles. The van der Waals surface area contributed by atoms with Crippen molar-refractivity contribution in [2.45, 2.75) is 45.9 Å². The highest BCUT2D eigenvalue weighted by atomic mass is 19.1. The molecule has 0 spiro atoms. The zero-order valence-electron chi connectivity index (χ0n) is 13.7. The van der Waals surface area contributed by atoms with Gasteiger partial charge in [-0.3, -0.25) is 9.88 Å². The van der Waals surface area contributed by atoms with Crippen molar-refractivity contribution >= 4 is 6.09 Å². The molecular weight excluding hydrogens is 285 g/mol. The van der Waals surface area contributed by atoms with Gasteiger partial charge in [0.2, 0.25) is 0 Å². The van der Waals surface area contributed by atoms with Crippen molar-refractivity contribution < 1.29 is 13.9 Å². The Bertz CT molecular complexity index is 530. The Hall–Kier alpha value is -1.69. The molecule has 1 amide bonds. The van der Waals surface area contributed by atoms with E-state index in [1.54, 1.807) is 17.2 Å². The molecule has 2 rings (SSSR count). The summed E-state index contributed by atoms with van der Waals surface area (Å²) >= 11 is 0. The van der Waals surface area contributed by atoms with E-state index in [0.29, 0.717) is 31.7 Å². The predicted octanol–water partition coefficient (Wildman–Crippen LogP) is 2.66. The van der Waals surface area contributed by atoms with Crippen LogP contribution in [0.15, 0.2) is 18.5 Å². The Balaban J connectivity index is 1.93. The van der Waals surface area contributed by atoms with E-state index >= 15 is 0 Å². The number of carbonyl (C=O) groups excluding carboxylic acids is 1. The second-order valence-electron chi connectivity index (χ2n) is 6.71. The van der Waals surface area contributed by atoms with E-state index in [4.69, 9.17) is 4.74 Å². The summed E-state index contributed by atoms with van der Waals surface area (Å²) in [5, 5.41) is 0. The molecule has 5 nitrogen and oxygen atoms in total. The predicted molar refractivity (Wildman–Crippen MR) is 81.9 cm³/mol. The number of hydrogen-bond donors (Lipinski definition) is 0. The third-order valence-electron chi connectivity index (χ3n) is 3.65. The quantitative estimate of drug-likeness (QED) is 0.842. The van der Waals surface area contributed by atoms with Crippen molar-refractivity contribution in [3.05, 3.63) is 29.8 Å². The SMILES string of the molecule is CC1CN(C(=O)OC(C)(C)C)CCN1Cc1ccncc1F. The number of carbonyl (C=O) groups is 1. The largest absolute Gasteiger partial charge is 0.444 e. The Labute approximate surface area is 131 Å². The number of piperazine rings is 1. The third-order valence-corrected chi connectivity index (χ3v) is 3.65. The number of aromatic nitrogens is 1. The van der Waals surface area contributed by atoms with E-state index in [-0.39, 0.29) is 18.0 Å². The first-order valence-corrected chi connectivity index (χ1v) is 7.56. The molecule has 0 saturated carbocycles. The minimum Gasteiger partial charge on any atom is -0.444 e. The van der Waals surface area contributed by atoms with Crippen LogP contribution >= 0.6 is 0 Å². The Morgan fingerprint density at radius 2 is 2.18 bits per heavy atom. The van der Waals surface area contributed by atoms with Gasteiger partial charge in [0.15, 0.2) is 0 Å². The zero-order valence-corrected chi connectivity index (χ0v) is 13.7. The molecule has 1 aliphatic heterocycles. The zero-order chi connectivity index (χ0) is 16.3. The van der Waals surface area contributed by atoms with E-state index in [0.717, 1.165) is 0 Å². The summed E-state index contributed by atoms with van der Waals surface area (Å²) in [6.07, 6.45) is 2.55. The van der Waals surface area contributed by atoms with E-state index in [1.807, 2.05) is 27.7 Å². The molecule has 0 bridgehead atoms. The molecule has 1 atom stereocenters. The summed E-state index contributed by atoms with van der Waals surface area (Å²) in [5.41, 5.74) is 0.144. The number of hydrogen-bond acceptors (Lipinski definition) is 4. The number of halogens is 1. The van der Waals surface area contributed by atoms with Gasteiger partial charge in [-0.2, -0.15) is 0 Å². The summed E-state index contributed by atoms with van der Waals surface area (Å²) in [6, 6.07) is 1.84. The molecular formula is C16H24FN3O2. The normalized spacial score (nSPS) is 20.0. The van der Waals surface area contributed by atoms with Gasteiger partial charge < -0.3 is 9.64 Å².